The Morgan fingerprint density at radius 2 is 2.17 bits per heavy atom. The molecule has 2 aliphatic heterocycles. The lowest BCUT2D eigenvalue weighted by Crippen LogP contribution is -2.23. The van der Waals surface area contributed by atoms with Gasteiger partial charge in [0.15, 0.2) is 6.10 Å². The molecule has 0 aromatic heterocycles. The molecule has 0 spiro atoms. The Bertz CT molecular complexity index is 317. The van der Waals surface area contributed by atoms with E-state index in [0.717, 1.165) is 38.5 Å². The molecule has 0 aromatic carbocycles. The minimum atomic E-state index is -0.273. The molecule has 2 saturated heterocycles. The first-order valence-corrected chi connectivity index (χ1v) is 7.25. The van der Waals surface area contributed by atoms with Crippen LogP contribution in [0, 0.1) is 5.92 Å². The summed E-state index contributed by atoms with van der Waals surface area (Å²) in [6.07, 6.45) is 7.39. The van der Waals surface area contributed by atoms with Crippen molar-refractivity contribution in [2.75, 3.05) is 6.61 Å². The third-order valence-corrected chi connectivity index (χ3v) is 4.23. The largest absolute Gasteiger partial charge is 0.463 e. The Hall–Kier alpha value is -0.610. The predicted octanol–water partition coefficient (Wildman–Crippen LogP) is 2.05. The van der Waals surface area contributed by atoms with E-state index < -0.39 is 0 Å². The lowest BCUT2D eigenvalue weighted by Gasteiger charge is -2.18. The smallest absolute Gasteiger partial charge is 0.338 e. The molecule has 3 fully saturated rings. The highest BCUT2D eigenvalue weighted by atomic mass is 16.6. The second kappa shape index (κ2) is 5.17. The number of rotatable bonds is 6. The Labute approximate surface area is 108 Å². The summed E-state index contributed by atoms with van der Waals surface area (Å²) in [6, 6.07) is 0. The van der Waals surface area contributed by atoms with E-state index in [-0.39, 0.29) is 18.2 Å². The maximum absolute atomic E-state index is 11.7. The van der Waals surface area contributed by atoms with Crippen molar-refractivity contribution in [2.45, 2.75) is 69.9 Å². The molecule has 0 aromatic rings. The number of unbranched alkanes of at least 4 members (excludes halogenated alkanes) is 1. The standard InChI is InChI=1S/C14H22O4/c1-2-3-4-11-13(18-11)14(15)16-8-9-5-6-10-12(7-9)17-10/h9-13H,2-8H2,1H3. The number of carbonyl (C=O) groups is 1. The topological polar surface area (TPSA) is 51.4 Å². The second-order valence-electron chi connectivity index (χ2n) is 5.76. The van der Waals surface area contributed by atoms with Crippen molar-refractivity contribution in [1.29, 1.82) is 0 Å². The van der Waals surface area contributed by atoms with Crippen molar-refractivity contribution in [1.82, 2.24) is 0 Å². The molecule has 102 valence electrons. The molecule has 4 heteroatoms. The van der Waals surface area contributed by atoms with E-state index in [1.807, 2.05) is 0 Å². The van der Waals surface area contributed by atoms with Crippen LogP contribution in [0.1, 0.15) is 45.4 Å². The molecule has 1 saturated carbocycles. The maximum atomic E-state index is 11.7. The van der Waals surface area contributed by atoms with Gasteiger partial charge in [0.1, 0.15) is 0 Å². The van der Waals surface area contributed by atoms with Crippen molar-refractivity contribution in [3.05, 3.63) is 0 Å². The average molecular weight is 254 g/mol. The fourth-order valence-corrected chi connectivity index (χ4v) is 2.90. The van der Waals surface area contributed by atoms with Gasteiger partial charge in [-0.25, -0.2) is 4.79 Å². The summed E-state index contributed by atoms with van der Waals surface area (Å²) in [4.78, 5) is 11.7. The first-order valence-electron chi connectivity index (χ1n) is 7.25. The molecule has 0 amide bonds. The lowest BCUT2D eigenvalue weighted by atomic mass is 9.90. The van der Waals surface area contributed by atoms with Gasteiger partial charge in [-0.3, -0.25) is 0 Å². The highest BCUT2D eigenvalue weighted by Crippen LogP contribution is 2.39. The third-order valence-electron chi connectivity index (χ3n) is 4.23. The zero-order valence-electron chi connectivity index (χ0n) is 11.0. The zero-order chi connectivity index (χ0) is 12.5. The number of esters is 1. The summed E-state index contributed by atoms with van der Waals surface area (Å²) in [5.41, 5.74) is 0. The molecule has 0 bridgehead atoms. The van der Waals surface area contributed by atoms with Gasteiger partial charge in [0, 0.05) is 0 Å². The van der Waals surface area contributed by atoms with Gasteiger partial charge in [-0.15, -0.1) is 0 Å². The minimum absolute atomic E-state index is 0.125. The number of hydrogen-bond donors (Lipinski definition) is 0. The van der Waals surface area contributed by atoms with Gasteiger partial charge < -0.3 is 14.2 Å². The van der Waals surface area contributed by atoms with E-state index in [0.29, 0.717) is 24.7 Å². The van der Waals surface area contributed by atoms with Crippen LogP contribution in [0.2, 0.25) is 0 Å². The number of epoxide rings is 2. The fraction of sp³-hybridized carbons (Fsp3) is 0.929. The van der Waals surface area contributed by atoms with Gasteiger partial charge in [0.05, 0.1) is 24.9 Å². The third kappa shape index (κ3) is 2.86. The van der Waals surface area contributed by atoms with Crippen LogP contribution in [0.4, 0.5) is 0 Å². The lowest BCUT2D eigenvalue weighted by molar-refractivity contribution is -0.146. The quantitative estimate of drug-likeness (QED) is 0.538. The monoisotopic (exact) mass is 254 g/mol. The molecule has 3 aliphatic rings. The molecule has 0 radical (unpaired) electrons. The second-order valence-corrected chi connectivity index (χ2v) is 5.76. The van der Waals surface area contributed by atoms with Crippen molar-refractivity contribution < 1.29 is 19.0 Å². The Morgan fingerprint density at radius 1 is 1.28 bits per heavy atom. The molecule has 18 heavy (non-hydrogen) atoms. The van der Waals surface area contributed by atoms with Gasteiger partial charge in [-0.1, -0.05) is 19.8 Å². The fourth-order valence-electron chi connectivity index (χ4n) is 2.90. The van der Waals surface area contributed by atoms with Crippen LogP contribution in [0.15, 0.2) is 0 Å². The van der Waals surface area contributed by atoms with Crippen LogP contribution in [0.5, 0.6) is 0 Å². The number of ether oxygens (including phenoxy) is 3. The number of hydrogen-bond acceptors (Lipinski definition) is 4. The first kappa shape index (κ1) is 12.4. The van der Waals surface area contributed by atoms with E-state index in [2.05, 4.69) is 6.92 Å². The van der Waals surface area contributed by atoms with E-state index >= 15 is 0 Å². The highest BCUT2D eigenvalue weighted by Gasteiger charge is 2.47. The van der Waals surface area contributed by atoms with Crippen molar-refractivity contribution in [3.8, 4) is 0 Å². The highest BCUT2D eigenvalue weighted by molar-refractivity contribution is 5.77. The first-order chi connectivity index (χ1) is 8.78. The van der Waals surface area contributed by atoms with Crippen LogP contribution in [0.25, 0.3) is 0 Å². The molecule has 0 N–H and O–H groups in total. The van der Waals surface area contributed by atoms with E-state index in [9.17, 15) is 4.79 Å². The summed E-state index contributed by atoms with van der Waals surface area (Å²) in [5.74, 6) is 0.334. The molecular formula is C14H22O4. The molecule has 3 rings (SSSR count). The van der Waals surface area contributed by atoms with Crippen LogP contribution < -0.4 is 0 Å². The summed E-state index contributed by atoms with van der Waals surface area (Å²) in [6.45, 7) is 2.69. The van der Waals surface area contributed by atoms with Gasteiger partial charge in [-0.05, 0) is 31.6 Å². The van der Waals surface area contributed by atoms with Gasteiger partial charge >= 0.3 is 5.97 Å². The van der Waals surface area contributed by atoms with Crippen LogP contribution in [-0.2, 0) is 19.0 Å². The van der Waals surface area contributed by atoms with E-state index in [1.54, 1.807) is 0 Å². The van der Waals surface area contributed by atoms with Crippen molar-refractivity contribution in [2.24, 2.45) is 5.92 Å². The number of fused-ring (bicyclic) bond motifs is 1. The molecule has 5 atom stereocenters. The van der Waals surface area contributed by atoms with Gasteiger partial charge in [-0.2, -0.15) is 0 Å². The van der Waals surface area contributed by atoms with E-state index in [4.69, 9.17) is 14.2 Å². The van der Waals surface area contributed by atoms with Crippen LogP contribution >= 0.6 is 0 Å². The minimum Gasteiger partial charge on any atom is -0.463 e. The maximum Gasteiger partial charge on any atom is 0.338 e. The SMILES string of the molecule is CCCCC1OC1C(=O)OCC1CCC2OC2C1. The normalized spacial score (nSPS) is 41.1. The van der Waals surface area contributed by atoms with Crippen molar-refractivity contribution >= 4 is 5.97 Å². The summed E-state index contributed by atoms with van der Waals surface area (Å²) < 4.78 is 16.2. The molecule has 1 aliphatic carbocycles. The van der Waals surface area contributed by atoms with Crippen LogP contribution in [-0.4, -0.2) is 37.0 Å². The van der Waals surface area contributed by atoms with Gasteiger partial charge in [0.25, 0.3) is 0 Å². The zero-order valence-corrected chi connectivity index (χ0v) is 11.0. The predicted molar refractivity (Wildman–Crippen MR) is 65.1 cm³/mol. The number of carbonyl (C=O) groups excluding carboxylic acids is 1. The molecule has 5 unspecified atom stereocenters. The molecule has 4 nitrogen and oxygen atoms in total. The van der Waals surface area contributed by atoms with Crippen LogP contribution in [0.3, 0.4) is 0 Å². The molecule has 2 heterocycles. The Balaban J connectivity index is 1.32. The van der Waals surface area contributed by atoms with E-state index in [1.165, 1.54) is 0 Å². The summed E-state index contributed by atoms with van der Waals surface area (Å²) in [5, 5.41) is 0. The molecular weight excluding hydrogens is 232 g/mol. The van der Waals surface area contributed by atoms with Gasteiger partial charge in [0.2, 0.25) is 0 Å². The average Bonchev–Trinajstić information content (AvgIpc) is 3.25. The Morgan fingerprint density at radius 3 is 2.94 bits per heavy atom. The summed E-state index contributed by atoms with van der Waals surface area (Å²) in [7, 11) is 0. The summed E-state index contributed by atoms with van der Waals surface area (Å²) >= 11 is 0. The Kier molecular flexibility index (Phi) is 3.57. The van der Waals surface area contributed by atoms with Crippen molar-refractivity contribution in [3.63, 3.8) is 0 Å².